The lowest BCUT2D eigenvalue weighted by Crippen LogP contribution is -2.54. The van der Waals surface area contributed by atoms with Crippen LogP contribution in [0.15, 0.2) is 47.3 Å². The molecule has 3 rings (SSSR count). The molecule has 3 N–H and O–H groups in total. The standard InChI is InChI=1S/C21H19ClF4N2O3S/c1-31-15-8-6-12(17(22)18(15)23)19(20(30,10-32-2)21(24,25)26)28-14-5-3-4-13-11(14)7-9-16(29)27-13/h3-9,19,28,30H,10H2,1-2H3,(H,27,29). The largest absolute Gasteiger partial charge is 0.494 e. The summed E-state index contributed by atoms with van der Waals surface area (Å²) in [6.45, 7) is 0. The summed E-state index contributed by atoms with van der Waals surface area (Å²) in [4.78, 5) is 14.2. The number of H-pyrrole nitrogens is 1. The highest BCUT2D eigenvalue weighted by atomic mass is 35.5. The van der Waals surface area contributed by atoms with Gasteiger partial charge in [0, 0.05) is 22.9 Å². The van der Waals surface area contributed by atoms with Crippen molar-refractivity contribution in [3.63, 3.8) is 0 Å². The number of anilines is 1. The van der Waals surface area contributed by atoms with E-state index in [4.69, 9.17) is 16.3 Å². The smallest absolute Gasteiger partial charge is 0.420 e. The molecule has 2 atom stereocenters. The third-order valence-electron chi connectivity index (χ3n) is 5.01. The second-order valence-electron chi connectivity index (χ2n) is 7.01. The van der Waals surface area contributed by atoms with Crippen molar-refractivity contribution in [2.75, 3.05) is 24.4 Å². The third-order valence-corrected chi connectivity index (χ3v) is 6.12. The molecule has 11 heteroatoms. The minimum atomic E-state index is -5.09. The van der Waals surface area contributed by atoms with E-state index in [2.05, 4.69) is 10.3 Å². The van der Waals surface area contributed by atoms with Gasteiger partial charge in [-0.2, -0.15) is 24.9 Å². The number of alkyl halides is 3. The quantitative estimate of drug-likeness (QED) is 0.400. The highest BCUT2D eigenvalue weighted by molar-refractivity contribution is 7.98. The Morgan fingerprint density at radius 2 is 1.94 bits per heavy atom. The van der Waals surface area contributed by atoms with Crippen LogP contribution in [0.5, 0.6) is 5.75 Å². The van der Waals surface area contributed by atoms with E-state index in [0.29, 0.717) is 10.9 Å². The maximum atomic E-state index is 14.6. The van der Waals surface area contributed by atoms with Crippen molar-refractivity contribution in [3.8, 4) is 5.75 Å². The zero-order valence-corrected chi connectivity index (χ0v) is 18.5. The lowest BCUT2D eigenvalue weighted by molar-refractivity contribution is -0.256. The molecule has 0 saturated carbocycles. The van der Waals surface area contributed by atoms with Gasteiger partial charge >= 0.3 is 6.18 Å². The number of rotatable bonds is 7. The molecule has 3 aromatic rings. The van der Waals surface area contributed by atoms with E-state index in [1.165, 1.54) is 43.7 Å². The van der Waals surface area contributed by atoms with Crippen molar-refractivity contribution in [3.05, 3.63) is 69.2 Å². The molecule has 172 valence electrons. The number of halogens is 5. The van der Waals surface area contributed by atoms with Gasteiger partial charge in [-0.25, -0.2) is 4.39 Å². The molecule has 0 aliphatic heterocycles. The van der Waals surface area contributed by atoms with E-state index in [0.717, 1.165) is 17.8 Å². The van der Waals surface area contributed by atoms with Crippen LogP contribution in [0, 0.1) is 5.82 Å². The van der Waals surface area contributed by atoms with Gasteiger partial charge in [-0.15, -0.1) is 0 Å². The van der Waals surface area contributed by atoms with Crippen molar-refractivity contribution < 1.29 is 27.4 Å². The molecule has 0 amide bonds. The minimum absolute atomic E-state index is 0.180. The number of aliphatic hydroxyl groups is 1. The average Bonchev–Trinajstić information content (AvgIpc) is 2.73. The van der Waals surface area contributed by atoms with Crippen LogP contribution in [0.1, 0.15) is 11.6 Å². The molecule has 0 fully saturated rings. The average molecular weight is 491 g/mol. The van der Waals surface area contributed by atoms with Crippen LogP contribution in [0.4, 0.5) is 23.2 Å². The van der Waals surface area contributed by atoms with Crippen molar-refractivity contribution in [2.45, 2.75) is 17.8 Å². The number of ether oxygens (including phenoxy) is 1. The molecule has 2 unspecified atom stereocenters. The van der Waals surface area contributed by atoms with Crippen LogP contribution in [-0.2, 0) is 0 Å². The summed E-state index contributed by atoms with van der Waals surface area (Å²) in [6, 6.07) is 7.67. The SMILES string of the molecule is COc1ccc(C(Nc2cccc3[nH]c(=O)ccc23)C(O)(CSC)C(F)(F)F)c(Cl)c1F. The molecule has 2 aromatic carbocycles. The zero-order chi connectivity index (χ0) is 23.7. The van der Waals surface area contributed by atoms with E-state index in [9.17, 15) is 27.5 Å². The second kappa shape index (κ2) is 9.21. The summed E-state index contributed by atoms with van der Waals surface area (Å²) < 4.78 is 62.0. The van der Waals surface area contributed by atoms with Crippen LogP contribution < -0.4 is 15.6 Å². The molecule has 1 aromatic heterocycles. The summed E-state index contributed by atoms with van der Waals surface area (Å²) in [6.07, 6.45) is -3.68. The normalized spacial score (nSPS) is 14.8. The summed E-state index contributed by atoms with van der Waals surface area (Å²) >= 11 is 6.88. The van der Waals surface area contributed by atoms with Crippen LogP contribution in [0.3, 0.4) is 0 Å². The Morgan fingerprint density at radius 1 is 1.22 bits per heavy atom. The van der Waals surface area contributed by atoms with Crippen LogP contribution in [0.25, 0.3) is 10.9 Å². The summed E-state index contributed by atoms with van der Waals surface area (Å²) in [5.41, 5.74) is -3.46. The number of hydrogen-bond acceptors (Lipinski definition) is 5. The fourth-order valence-corrected chi connectivity index (χ4v) is 4.43. The number of fused-ring (bicyclic) bond motifs is 1. The van der Waals surface area contributed by atoms with Gasteiger partial charge in [0.15, 0.2) is 17.2 Å². The number of aromatic amines is 1. The van der Waals surface area contributed by atoms with Crippen LogP contribution in [-0.4, -0.2) is 41.0 Å². The second-order valence-corrected chi connectivity index (χ2v) is 8.25. The van der Waals surface area contributed by atoms with E-state index >= 15 is 0 Å². The number of thioether (sulfide) groups is 1. The van der Waals surface area contributed by atoms with Crippen LogP contribution >= 0.6 is 23.4 Å². The number of nitrogens with one attached hydrogen (secondary N) is 2. The number of methoxy groups -OCH3 is 1. The van der Waals surface area contributed by atoms with Gasteiger partial charge in [-0.05, 0) is 36.1 Å². The van der Waals surface area contributed by atoms with E-state index in [-0.39, 0.29) is 22.6 Å². The topological polar surface area (TPSA) is 74.3 Å². The summed E-state index contributed by atoms with van der Waals surface area (Å²) in [5, 5.41) is 13.4. The van der Waals surface area contributed by atoms with Crippen molar-refractivity contribution in [1.29, 1.82) is 0 Å². The van der Waals surface area contributed by atoms with Crippen molar-refractivity contribution >= 4 is 40.0 Å². The summed E-state index contributed by atoms with van der Waals surface area (Å²) in [7, 11) is 1.20. The van der Waals surface area contributed by atoms with Gasteiger partial charge in [0.1, 0.15) is 0 Å². The van der Waals surface area contributed by atoms with Crippen molar-refractivity contribution in [1.82, 2.24) is 4.98 Å². The maximum absolute atomic E-state index is 14.6. The number of benzene rings is 2. The first kappa shape index (κ1) is 24.2. The number of pyridine rings is 1. The molecular weight excluding hydrogens is 472 g/mol. The predicted molar refractivity (Wildman–Crippen MR) is 118 cm³/mol. The Bertz CT molecular complexity index is 1190. The molecular formula is C21H19ClF4N2O3S. The molecule has 0 radical (unpaired) electrons. The Hall–Kier alpha value is -2.43. The number of aromatic nitrogens is 1. The highest BCUT2D eigenvalue weighted by Gasteiger charge is 2.59. The Kier molecular flexibility index (Phi) is 6.97. The van der Waals surface area contributed by atoms with Gasteiger partial charge in [-0.3, -0.25) is 4.79 Å². The molecule has 0 saturated heterocycles. The fourth-order valence-electron chi connectivity index (χ4n) is 3.40. The Labute approximate surface area is 189 Å². The van der Waals surface area contributed by atoms with Crippen LogP contribution in [0.2, 0.25) is 5.02 Å². The Balaban J connectivity index is 2.25. The van der Waals surface area contributed by atoms with Gasteiger partial charge < -0.3 is 20.1 Å². The van der Waals surface area contributed by atoms with Gasteiger partial charge in [0.05, 0.1) is 23.7 Å². The molecule has 0 aliphatic rings. The van der Waals surface area contributed by atoms with E-state index < -0.39 is 34.4 Å². The molecule has 32 heavy (non-hydrogen) atoms. The first-order valence-electron chi connectivity index (χ1n) is 9.22. The molecule has 1 heterocycles. The minimum Gasteiger partial charge on any atom is -0.494 e. The van der Waals surface area contributed by atoms with Crippen molar-refractivity contribution in [2.24, 2.45) is 0 Å². The lowest BCUT2D eigenvalue weighted by atomic mass is 9.88. The molecule has 5 nitrogen and oxygen atoms in total. The highest BCUT2D eigenvalue weighted by Crippen LogP contribution is 2.46. The maximum Gasteiger partial charge on any atom is 0.420 e. The number of hydrogen-bond donors (Lipinski definition) is 3. The zero-order valence-electron chi connectivity index (χ0n) is 16.9. The third kappa shape index (κ3) is 4.39. The van der Waals surface area contributed by atoms with E-state index in [1.807, 2.05) is 0 Å². The van der Waals surface area contributed by atoms with E-state index in [1.54, 1.807) is 6.07 Å². The van der Waals surface area contributed by atoms with Gasteiger partial charge in [-0.1, -0.05) is 23.7 Å². The molecule has 0 spiro atoms. The lowest BCUT2D eigenvalue weighted by Gasteiger charge is -2.39. The van der Waals surface area contributed by atoms with Gasteiger partial charge in [0.2, 0.25) is 5.56 Å². The predicted octanol–water partition coefficient (Wildman–Crippen LogP) is 5.14. The molecule has 0 bridgehead atoms. The monoisotopic (exact) mass is 490 g/mol. The summed E-state index contributed by atoms with van der Waals surface area (Å²) in [5.74, 6) is -2.05. The first-order valence-corrected chi connectivity index (χ1v) is 11.0. The fraction of sp³-hybridized carbons (Fsp3) is 0.286. The first-order chi connectivity index (χ1) is 15.0. The van der Waals surface area contributed by atoms with Gasteiger partial charge in [0.25, 0.3) is 0 Å². The Morgan fingerprint density at radius 3 is 2.56 bits per heavy atom. The molecule has 0 aliphatic carbocycles.